The fourth-order valence-electron chi connectivity index (χ4n) is 2.97. The molecule has 0 bridgehead atoms. The monoisotopic (exact) mass is 269 g/mol. The molecule has 1 saturated carbocycles. The van der Waals surface area contributed by atoms with E-state index in [0.717, 1.165) is 51.6 Å². The predicted molar refractivity (Wildman–Crippen MR) is 75.0 cm³/mol. The molecule has 3 N–H and O–H groups in total. The van der Waals surface area contributed by atoms with Crippen molar-refractivity contribution in [2.45, 2.75) is 57.1 Å². The fraction of sp³-hybridized carbons (Fsp3) is 0.929. The number of carbonyl (C=O) groups is 1. The lowest BCUT2D eigenvalue weighted by atomic mass is 9.81. The van der Waals surface area contributed by atoms with Crippen LogP contribution >= 0.6 is 0 Å². The van der Waals surface area contributed by atoms with Crippen LogP contribution in [0.15, 0.2) is 0 Å². The van der Waals surface area contributed by atoms with Crippen LogP contribution in [0.1, 0.15) is 45.4 Å². The molecule has 2 rings (SSSR count). The highest BCUT2D eigenvalue weighted by molar-refractivity contribution is 5.74. The van der Waals surface area contributed by atoms with Gasteiger partial charge in [0.25, 0.3) is 0 Å². The minimum Gasteiger partial charge on any atom is -0.371 e. The minimum absolute atomic E-state index is 0.0611. The lowest BCUT2D eigenvalue weighted by Crippen LogP contribution is -2.57. The molecule has 1 heterocycles. The third kappa shape index (κ3) is 3.83. The molecule has 110 valence electrons. The molecule has 2 aliphatic rings. The molecular weight excluding hydrogens is 242 g/mol. The Morgan fingerprint density at radius 2 is 2.21 bits per heavy atom. The van der Waals surface area contributed by atoms with Crippen molar-refractivity contribution in [3.05, 3.63) is 0 Å². The number of amides is 2. The van der Waals surface area contributed by atoms with E-state index in [2.05, 4.69) is 12.2 Å². The van der Waals surface area contributed by atoms with E-state index in [4.69, 9.17) is 10.5 Å². The Morgan fingerprint density at radius 1 is 1.47 bits per heavy atom. The largest absolute Gasteiger partial charge is 0.371 e. The van der Waals surface area contributed by atoms with Crippen molar-refractivity contribution >= 4 is 6.03 Å². The molecule has 19 heavy (non-hydrogen) atoms. The van der Waals surface area contributed by atoms with Gasteiger partial charge < -0.3 is 20.7 Å². The number of morpholine rings is 1. The van der Waals surface area contributed by atoms with Crippen LogP contribution in [0, 0.1) is 0 Å². The molecule has 0 atom stereocenters. The number of hydrogen-bond donors (Lipinski definition) is 2. The number of hydrogen-bond acceptors (Lipinski definition) is 3. The zero-order chi connectivity index (χ0) is 13.7. The van der Waals surface area contributed by atoms with Gasteiger partial charge in [-0.3, -0.25) is 0 Å². The maximum absolute atomic E-state index is 12.1. The number of urea groups is 1. The summed E-state index contributed by atoms with van der Waals surface area (Å²) in [6.07, 6.45) is 6.11. The van der Waals surface area contributed by atoms with E-state index in [1.807, 2.05) is 4.90 Å². The Hall–Kier alpha value is -0.810. The molecule has 2 amide bonds. The van der Waals surface area contributed by atoms with Crippen LogP contribution in [-0.4, -0.2) is 48.8 Å². The summed E-state index contributed by atoms with van der Waals surface area (Å²) in [6.45, 7) is 4.96. The summed E-state index contributed by atoms with van der Waals surface area (Å²) < 4.78 is 5.98. The van der Waals surface area contributed by atoms with E-state index in [0.29, 0.717) is 19.2 Å². The van der Waals surface area contributed by atoms with Gasteiger partial charge in [0.1, 0.15) is 0 Å². The molecule has 1 aliphatic carbocycles. The minimum atomic E-state index is -0.129. The molecule has 0 unspecified atom stereocenters. The topological polar surface area (TPSA) is 67.6 Å². The second-order valence-electron chi connectivity index (χ2n) is 5.88. The molecule has 5 nitrogen and oxygen atoms in total. The SMILES string of the molecule is CCCCNC(=O)N1CCOC2(CCC(N)CC2)C1. The number of ether oxygens (including phenoxy) is 1. The second-order valence-corrected chi connectivity index (χ2v) is 5.88. The standard InChI is InChI=1S/C14H27N3O2/c1-2-3-8-16-13(18)17-9-10-19-14(11-17)6-4-12(15)5-7-14/h12H,2-11,15H2,1H3,(H,16,18). The van der Waals surface area contributed by atoms with Crippen molar-refractivity contribution in [1.82, 2.24) is 10.2 Å². The van der Waals surface area contributed by atoms with E-state index in [-0.39, 0.29) is 11.6 Å². The van der Waals surface area contributed by atoms with Gasteiger partial charge in [-0.2, -0.15) is 0 Å². The van der Waals surface area contributed by atoms with Gasteiger partial charge in [-0.05, 0) is 32.1 Å². The predicted octanol–water partition coefficient (Wildman–Crippen LogP) is 1.47. The maximum atomic E-state index is 12.1. The van der Waals surface area contributed by atoms with Crippen molar-refractivity contribution in [2.24, 2.45) is 5.73 Å². The highest BCUT2D eigenvalue weighted by Gasteiger charge is 2.40. The van der Waals surface area contributed by atoms with Crippen molar-refractivity contribution in [3.8, 4) is 0 Å². The zero-order valence-corrected chi connectivity index (χ0v) is 12.0. The molecule has 1 saturated heterocycles. The number of nitrogens with two attached hydrogens (primary N) is 1. The van der Waals surface area contributed by atoms with Crippen LogP contribution in [0.3, 0.4) is 0 Å². The van der Waals surface area contributed by atoms with Crippen molar-refractivity contribution < 1.29 is 9.53 Å². The smallest absolute Gasteiger partial charge is 0.317 e. The normalized spacial score (nSPS) is 31.5. The highest BCUT2D eigenvalue weighted by atomic mass is 16.5. The Balaban J connectivity index is 1.84. The number of nitrogens with one attached hydrogen (secondary N) is 1. The van der Waals surface area contributed by atoms with E-state index in [1.54, 1.807) is 0 Å². The van der Waals surface area contributed by atoms with Crippen molar-refractivity contribution in [2.75, 3.05) is 26.2 Å². The van der Waals surface area contributed by atoms with Gasteiger partial charge in [-0.1, -0.05) is 13.3 Å². The van der Waals surface area contributed by atoms with E-state index in [1.165, 1.54) is 0 Å². The third-order valence-electron chi connectivity index (χ3n) is 4.28. The Bertz CT molecular complexity index is 301. The summed E-state index contributed by atoms with van der Waals surface area (Å²) in [4.78, 5) is 14.0. The summed E-state index contributed by atoms with van der Waals surface area (Å²) >= 11 is 0. The summed E-state index contributed by atoms with van der Waals surface area (Å²) in [7, 11) is 0. The first kappa shape index (κ1) is 14.6. The Kier molecular flexibility index (Phi) is 5.05. The van der Waals surface area contributed by atoms with Crippen molar-refractivity contribution in [3.63, 3.8) is 0 Å². The number of carbonyl (C=O) groups excluding carboxylic acids is 1. The van der Waals surface area contributed by atoms with E-state index < -0.39 is 0 Å². The van der Waals surface area contributed by atoms with E-state index >= 15 is 0 Å². The second kappa shape index (κ2) is 6.57. The third-order valence-corrected chi connectivity index (χ3v) is 4.28. The van der Waals surface area contributed by atoms with Gasteiger partial charge in [0.2, 0.25) is 0 Å². The molecule has 1 aliphatic heterocycles. The first-order valence-electron chi connectivity index (χ1n) is 7.57. The van der Waals surface area contributed by atoms with Gasteiger partial charge >= 0.3 is 6.03 Å². The first-order valence-corrected chi connectivity index (χ1v) is 7.57. The molecular formula is C14H27N3O2. The van der Waals surface area contributed by atoms with E-state index in [9.17, 15) is 4.79 Å². The summed E-state index contributed by atoms with van der Waals surface area (Å²) in [5.74, 6) is 0. The Labute approximate surface area is 115 Å². The van der Waals surface area contributed by atoms with Crippen LogP contribution in [0.5, 0.6) is 0 Å². The van der Waals surface area contributed by atoms with Gasteiger partial charge in [0.05, 0.1) is 18.8 Å². The molecule has 0 aromatic carbocycles. The molecule has 0 radical (unpaired) electrons. The van der Waals surface area contributed by atoms with Crippen LogP contribution in [0.25, 0.3) is 0 Å². The molecule has 1 spiro atoms. The Morgan fingerprint density at radius 3 is 2.89 bits per heavy atom. The number of rotatable bonds is 3. The van der Waals surface area contributed by atoms with Crippen molar-refractivity contribution in [1.29, 1.82) is 0 Å². The van der Waals surface area contributed by atoms with Gasteiger partial charge in [-0.15, -0.1) is 0 Å². The molecule has 2 fully saturated rings. The fourth-order valence-corrected chi connectivity index (χ4v) is 2.97. The maximum Gasteiger partial charge on any atom is 0.317 e. The number of unbranched alkanes of at least 4 members (excludes halogenated alkanes) is 1. The van der Waals surface area contributed by atoms with Crippen LogP contribution in [0.2, 0.25) is 0 Å². The lowest BCUT2D eigenvalue weighted by molar-refractivity contribution is -0.118. The quantitative estimate of drug-likeness (QED) is 0.762. The van der Waals surface area contributed by atoms with Gasteiger partial charge in [0.15, 0.2) is 0 Å². The first-order chi connectivity index (χ1) is 9.15. The highest BCUT2D eigenvalue weighted by Crippen LogP contribution is 2.33. The summed E-state index contributed by atoms with van der Waals surface area (Å²) in [5, 5.41) is 2.99. The average Bonchev–Trinajstić information content (AvgIpc) is 2.43. The van der Waals surface area contributed by atoms with Crippen LogP contribution in [-0.2, 0) is 4.74 Å². The zero-order valence-electron chi connectivity index (χ0n) is 12.0. The lowest BCUT2D eigenvalue weighted by Gasteiger charge is -2.46. The summed E-state index contributed by atoms with van der Waals surface area (Å²) in [5.41, 5.74) is 5.82. The van der Waals surface area contributed by atoms with Crippen LogP contribution in [0.4, 0.5) is 4.79 Å². The molecule has 5 heteroatoms. The van der Waals surface area contributed by atoms with Gasteiger partial charge in [0, 0.05) is 19.1 Å². The average molecular weight is 269 g/mol. The molecule has 0 aromatic rings. The molecule has 0 aromatic heterocycles. The number of nitrogens with zero attached hydrogens (tertiary/aromatic N) is 1. The summed E-state index contributed by atoms with van der Waals surface area (Å²) in [6, 6.07) is 0.369. The van der Waals surface area contributed by atoms with Crippen LogP contribution < -0.4 is 11.1 Å². The van der Waals surface area contributed by atoms with Gasteiger partial charge in [-0.25, -0.2) is 4.79 Å².